The summed E-state index contributed by atoms with van der Waals surface area (Å²) in [5, 5.41) is 2.95. The standard InChI is InChI=1S/C28H38N2O3/c31-27-25-12-4-5-13-26(25)33-23-28(14-6-7-21-32-22-17-29-27)15-19-30(20-16-28)18-8-11-24-9-2-1-3-10-24/h1-5,9-10,12-13H,6-8,11,14-23H2,(H,29,31). The van der Waals surface area contributed by atoms with Crippen LogP contribution in [0.15, 0.2) is 54.6 Å². The highest BCUT2D eigenvalue weighted by Gasteiger charge is 2.35. The van der Waals surface area contributed by atoms with Crippen LogP contribution in [0.1, 0.15) is 54.4 Å². The average molecular weight is 451 g/mol. The van der Waals surface area contributed by atoms with E-state index in [9.17, 15) is 4.79 Å². The van der Waals surface area contributed by atoms with Gasteiger partial charge in [0.2, 0.25) is 0 Å². The third kappa shape index (κ3) is 7.05. The zero-order chi connectivity index (χ0) is 22.8. The molecule has 0 atom stereocenters. The molecule has 2 aromatic carbocycles. The number of hydrogen-bond acceptors (Lipinski definition) is 4. The van der Waals surface area contributed by atoms with Crippen molar-refractivity contribution in [2.24, 2.45) is 5.41 Å². The Bertz CT molecular complexity index is 862. The maximum Gasteiger partial charge on any atom is 0.255 e. The number of fused-ring (bicyclic) bond motifs is 1. The molecule has 5 nitrogen and oxygen atoms in total. The van der Waals surface area contributed by atoms with E-state index in [1.165, 1.54) is 12.0 Å². The maximum absolute atomic E-state index is 12.6. The number of hydrogen-bond donors (Lipinski definition) is 1. The summed E-state index contributed by atoms with van der Waals surface area (Å²) in [7, 11) is 0. The Labute approximate surface area is 198 Å². The minimum atomic E-state index is -0.0893. The first-order valence-corrected chi connectivity index (χ1v) is 12.6. The lowest BCUT2D eigenvalue weighted by Crippen LogP contribution is -2.43. The number of piperidine rings is 1. The van der Waals surface area contributed by atoms with Gasteiger partial charge in [0.05, 0.1) is 18.8 Å². The van der Waals surface area contributed by atoms with Gasteiger partial charge in [-0.1, -0.05) is 48.9 Å². The molecular weight excluding hydrogens is 412 g/mol. The topological polar surface area (TPSA) is 50.8 Å². The van der Waals surface area contributed by atoms with Crippen LogP contribution in [0.25, 0.3) is 0 Å². The van der Waals surface area contributed by atoms with Crippen molar-refractivity contribution in [1.82, 2.24) is 10.2 Å². The second-order valence-electron chi connectivity index (χ2n) is 9.54. The first-order chi connectivity index (χ1) is 16.2. The van der Waals surface area contributed by atoms with Crippen molar-refractivity contribution in [1.29, 1.82) is 0 Å². The van der Waals surface area contributed by atoms with Gasteiger partial charge in [0.1, 0.15) is 5.75 Å². The molecule has 0 aliphatic carbocycles. The van der Waals surface area contributed by atoms with E-state index in [4.69, 9.17) is 9.47 Å². The lowest BCUT2D eigenvalue weighted by atomic mass is 9.75. The number of benzene rings is 2. The maximum atomic E-state index is 12.6. The highest BCUT2D eigenvalue weighted by molar-refractivity contribution is 5.96. The molecule has 1 saturated heterocycles. The van der Waals surface area contributed by atoms with E-state index in [-0.39, 0.29) is 11.3 Å². The van der Waals surface area contributed by atoms with E-state index >= 15 is 0 Å². The monoisotopic (exact) mass is 450 g/mol. The largest absolute Gasteiger partial charge is 0.492 e. The number of para-hydroxylation sites is 1. The molecule has 0 saturated carbocycles. The Kier molecular flexibility index (Phi) is 8.79. The molecule has 1 fully saturated rings. The van der Waals surface area contributed by atoms with Crippen LogP contribution in [-0.2, 0) is 11.2 Å². The SMILES string of the molecule is O=C1NCCOCCCCC2(CCN(CCCc3ccccc3)CC2)COc2ccccc21. The molecular formula is C28H38N2O3. The zero-order valence-electron chi connectivity index (χ0n) is 19.8. The van der Waals surface area contributed by atoms with Crippen molar-refractivity contribution in [2.75, 3.05) is 46.0 Å². The molecule has 33 heavy (non-hydrogen) atoms. The molecule has 2 heterocycles. The van der Waals surface area contributed by atoms with Crippen molar-refractivity contribution in [3.8, 4) is 5.75 Å². The van der Waals surface area contributed by atoms with E-state index < -0.39 is 0 Å². The van der Waals surface area contributed by atoms with Gasteiger partial charge in [-0.3, -0.25) is 4.79 Å². The predicted molar refractivity (Wildman–Crippen MR) is 132 cm³/mol. The van der Waals surface area contributed by atoms with E-state index in [0.717, 1.165) is 64.8 Å². The van der Waals surface area contributed by atoms with Gasteiger partial charge in [-0.25, -0.2) is 0 Å². The van der Waals surface area contributed by atoms with Gasteiger partial charge >= 0.3 is 0 Å². The molecule has 0 radical (unpaired) electrons. The van der Waals surface area contributed by atoms with E-state index in [1.54, 1.807) is 0 Å². The number of aryl methyl sites for hydroxylation is 1. The Morgan fingerprint density at radius 3 is 2.55 bits per heavy atom. The second kappa shape index (κ2) is 12.2. The number of likely N-dealkylation sites (tertiary alicyclic amines) is 1. The van der Waals surface area contributed by atoms with Crippen LogP contribution in [0.3, 0.4) is 0 Å². The molecule has 2 aliphatic rings. The van der Waals surface area contributed by atoms with Crippen LogP contribution < -0.4 is 10.1 Å². The quantitative estimate of drug-likeness (QED) is 0.733. The van der Waals surface area contributed by atoms with Gasteiger partial charge in [0.15, 0.2) is 0 Å². The fourth-order valence-electron chi connectivity index (χ4n) is 5.02. The number of nitrogens with one attached hydrogen (secondary N) is 1. The van der Waals surface area contributed by atoms with Crippen LogP contribution in [-0.4, -0.2) is 56.8 Å². The summed E-state index contributed by atoms with van der Waals surface area (Å²) in [5.74, 6) is 0.603. The molecule has 4 rings (SSSR count). The molecule has 0 bridgehead atoms. The summed E-state index contributed by atoms with van der Waals surface area (Å²) < 4.78 is 12.1. The van der Waals surface area contributed by atoms with Gasteiger partial charge in [-0.05, 0) is 75.9 Å². The summed E-state index contributed by atoms with van der Waals surface area (Å²) in [4.78, 5) is 15.3. The molecule has 1 N–H and O–H groups in total. The summed E-state index contributed by atoms with van der Waals surface area (Å²) in [5.41, 5.74) is 2.21. The lowest BCUT2D eigenvalue weighted by Gasteiger charge is -2.42. The number of ether oxygens (including phenoxy) is 2. The third-order valence-corrected chi connectivity index (χ3v) is 7.14. The van der Waals surface area contributed by atoms with Gasteiger partial charge in [0.25, 0.3) is 5.91 Å². The van der Waals surface area contributed by atoms with Gasteiger partial charge < -0.3 is 19.7 Å². The van der Waals surface area contributed by atoms with Crippen LogP contribution in [0.4, 0.5) is 0 Å². The smallest absolute Gasteiger partial charge is 0.255 e. The second-order valence-corrected chi connectivity index (χ2v) is 9.54. The molecule has 0 aromatic heterocycles. The van der Waals surface area contributed by atoms with E-state index in [2.05, 4.69) is 40.5 Å². The summed E-state index contributed by atoms with van der Waals surface area (Å²) in [6.07, 6.45) is 8.01. The molecule has 5 heteroatoms. The molecule has 2 aromatic rings. The molecule has 2 aliphatic heterocycles. The summed E-state index contributed by atoms with van der Waals surface area (Å²) in [6, 6.07) is 18.4. The number of amides is 1. The molecule has 1 amide bonds. The van der Waals surface area contributed by atoms with Crippen molar-refractivity contribution < 1.29 is 14.3 Å². The van der Waals surface area contributed by atoms with Crippen molar-refractivity contribution in [3.63, 3.8) is 0 Å². The highest BCUT2D eigenvalue weighted by atomic mass is 16.5. The van der Waals surface area contributed by atoms with Crippen LogP contribution in [0.2, 0.25) is 0 Å². The fourth-order valence-corrected chi connectivity index (χ4v) is 5.02. The number of carbonyl (C=O) groups excluding carboxylic acids is 1. The van der Waals surface area contributed by atoms with Gasteiger partial charge in [0, 0.05) is 18.6 Å². The number of nitrogens with zero attached hydrogens (tertiary/aromatic N) is 1. The Morgan fingerprint density at radius 2 is 1.70 bits per heavy atom. The average Bonchev–Trinajstić information content (AvgIpc) is 2.86. The zero-order valence-corrected chi connectivity index (χ0v) is 19.8. The first-order valence-electron chi connectivity index (χ1n) is 12.6. The number of rotatable bonds is 4. The number of carbonyl (C=O) groups is 1. The molecule has 1 spiro atoms. The minimum Gasteiger partial charge on any atom is -0.492 e. The van der Waals surface area contributed by atoms with Crippen LogP contribution >= 0.6 is 0 Å². The lowest BCUT2D eigenvalue weighted by molar-refractivity contribution is 0.0407. The van der Waals surface area contributed by atoms with E-state index in [0.29, 0.717) is 31.1 Å². The van der Waals surface area contributed by atoms with Crippen LogP contribution in [0, 0.1) is 5.41 Å². The Morgan fingerprint density at radius 1 is 0.909 bits per heavy atom. The molecule has 0 unspecified atom stereocenters. The summed E-state index contributed by atoms with van der Waals surface area (Å²) >= 11 is 0. The Balaban J connectivity index is 1.35. The fraction of sp³-hybridized carbons (Fsp3) is 0.536. The van der Waals surface area contributed by atoms with Crippen molar-refractivity contribution in [3.05, 3.63) is 65.7 Å². The van der Waals surface area contributed by atoms with Gasteiger partial charge in [-0.2, -0.15) is 0 Å². The first kappa shape index (κ1) is 23.8. The molecule has 178 valence electrons. The van der Waals surface area contributed by atoms with E-state index in [1.807, 2.05) is 24.3 Å². The minimum absolute atomic E-state index is 0.0893. The Hall–Kier alpha value is -2.37. The van der Waals surface area contributed by atoms with Crippen LogP contribution in [0.5, 0.6) is 5.75 Å². The highest BCUT2D eigenvalue weighted by Crippen LogP contribution is 2.38. The van der Waals surface area contributed by atoms with Crippen molar-refractivity contribution >= 4 is 5.91 Å². The summed E-state index contributed by atoms with van der Waals surface area (Å²) in [6.45, 7) is 5.91. The normalized spacial score (nSPS) is 20.3. The predicted octanol–water partition coefficient (Wildman–Crippen LogP) is 4.71. The third-order valence-electron chi connectivity index (χ3n) is 7.14. The van der Waals surface area contributed by atoms with Crippen molar-refractivity contribution in [2.45, 2.75) is 44.9 Å². The van der Waals surface area contributed by atoms with Gasteiger partial charge in [-0.15, -0.1) is 0 Å².